The van der Waals surface area contributed by atoms with Gasteiger partial charge in [-0.15, -0.1) is 0 Å². The Morgan fingerprint density at radius 2 is 2.00 bits per heavy atom. The number of rotatable bonds is 5. The van der Waals surface area contributed by atoms with Crippen LogP contribution < -0.4 is 11.0 Å². The molecule has 0 spiro atoms. The molecule has 4 N–H and O–H groups in total. The lowest BCUT2D eigenvalue weighted by molar-refractivity contribution is -0.121. The van der Waals surface area contributed by atoms with Crippen LogP contribution in [0.1, 0.15) is 17.8 Å². The first kappa shape index (κ1) is 17.2. The van der Waals surface area contributed by atoms with Gasteiger partial charge < -0.3 is 15.2 Å². The molecule has 26 heavy (non-hydrogen) atoms. The van der Waals surface area contributed by atoms with Crippen molar-refractivity contribution >= 4 is 23.0 Å². The molecular weight excluding hydrogens is 336 g/mol. The Morgan fingerprint density at radius 3 is 2.81 bits per heavy atom. The largest absolute Gasteiger partial charge is 0.504 e. The molecule has 0 unspecified atom stereocenters. The summed E-state index contributed by atoms with van der Waals surface area (Å²) in [7, 11) is 0. The number of hydrogen-bond donors (Lipinski definition) is 4. The van der Waals surface area contributed by atoms with Crippen molar-refractivity contribution in [1.82, 2.24) is 15.4 Å². The summed E-state index contributed by atoms with van der Waals surface area (Å²) in [6.07, 6.45) is 1.70. The number of phenols is 2. The zero-order chi connectivity index (χ0) is 18.5. The van der Waals surface area contributed by atoms with E-state index in [1.165, 1.54) is 24.4 Å². The lowest BCUT2D eigenvalue weighted by Gasteiger charge is -2.03. The molecule has 1 aromatic heterocycles. The molecule has 0 aliphatic heterocycles. The van der Waals surface area contributed by atoms with Crippen molar-refractivity contribution < 1.29 is 15.0 Å². The number of benzene rings is 2. The van der Waals surface area contributed by atoms with Crippen molar-refractivity contribution in [3.05, 3.63) is 64.2 Å². The normalized spacial score (nSPS) is 11.1. The number of para-hydroxylation sites is 1. The van der Waals surface area contributed by atoms with Gasteiger partial charge in [0.05, 0.1) is 17.1 Å². The lowest BCUT2D eigenvalue weighted by atomic mass is 10.2. The van der Waals surface area contributed by atoms with E-state index >= 15 is 0 Å². The molecule has 3 rings (SSSR count). The van der Waals surface area contributed by atoms with Gasteiger partial charge in [-0.3, -0.25) is 9.59 Å². The number of amides is 1. The van der Waals surface area contributed by atoms with E-state index in [-0.39, 0.29) is 35.8 Å². The summed E-state index contributed by atoms with van der Waals surface area (Å²) >= 11 is 0. The average molecular weight is 352 g/mol. The molecule has 0 saturated carbocycles. The fraction of sp³-hybridized carbons (Fsp3) is 0.111. The number of aryl methyl sites for hydroxylation is 1. The zero-order valence-corrected chi connectivity index (χ0v) is 13.6. The van der Waals surface area contributed by atoms with Gasteiger partial charge in [0.25, 0.3) is 5.56 Å². The summed E-state index contributed by atoms with van der Waals surface area (Å²) in [5.74, 6) is -0.425. The third kappa shape index (κ3) is 4.04. The Labute approximate surface area is 147 Å². The molecule has 2 aromatic carbocycles. The number of aromatic hydroxyl groups is 2. The number of aromatic amines is 1. The second-order valence-electron chi connectivity index (χ2n) is 5.57. The smallest absolute Gasteiger partial charge is 0.258 e. The van der Waals surface area contributed by atoms with Crippen LogP contribution in [-0.2, 0) is 11.2 Å². The van der Waals surface area contributed by atoms with Crippen LogP contribution in [0, 0.1) is 0 Å². The molecule has 1 heterocycles. The van der Waals surface area contributed by atoms with Crippen LogP contribution in [0.4, 0.5) is 0 Å². The monoisotopic (exact) mass is 352 g/mol. The Morgan fingerprint density at radius 1 is 1.19 bits per heavy atom. The Kier molecular flexibility index (Phi) is 4.93. The Bertz CT molecular complexity index is 1040. The first-order valence-electron chi connectivity index (χ1n) is 7.85. The molecule has 0 aliphatic carbocycles. The van der Waals surface area contributed by atoms with Gasteiger partial charge in [-0.25, -0.2) is 10.4 Å². The number of phenolic OH excluding ortho intramolecular Hbond substituents is 2. The number of nitrogens with one attached hydrogen (secondary N) is 2. The van der Waals surface area contributed by atoms with Crippen LogP contribution in [0.5, 0.6) is 11.5 Å². The highest BCUT2D eigenvalue weighted by Gasteiger charge is 2.06. The maximum Gasteiger partial charge on any atom is 0.258 e. The summed E-state index contributed by atoms with van der Waals surface area (Å²) in [6.45, 7) is 0. The fourth-order valence-electron chi connectivity index (χ4n) is 2.34. The van der Waals surface area contributed by atoms with Crippen molar-refractivity contribution in [2.75, 3.05) is 0 Å². The van der Waals surface area contributed by atoms with E-state index in [1.54, 1.807) is 24.3 Å². The topological polar surface area (TPSA) is 128 Å². The van der Waals surface area contributed by atoms with Crippen LogP contribution in [0.2, 0.25) is 0 Å². The molecule has 3 aromatic rings. The van der Waals surface area contributed by atoms with Gasteiger partial charge in [0, 0.05) is 12.8 Å². The van der Waals surface area contributed by atoms with E-state index in [2.05, 4.69) is 20.5 Å². The Balaban J connectivity index is 1.58. The number of carbonyl (C=O) groups is 1. The van der Waals surface area contributed by atoms with E-state index in [4.69, 9.17) is 0 Å². The fourth-order valence-corrected chi connectivity index (χ4v) is 2.34. The number of H-pyrrole nitrogens is 1. The summed E-state index contributed by atoms with van der Waals surface area (Å²) in [4.78, 5) is 30.8. The molecule has 0 aliphatic rings. The maximum absolute atomic E-state index is 12.0. The van der Waals surface area contributed by atoms with E-state index in [1.807, 2.05) is 0 Å². The van der Waals surface area contributed by atoms with Crippen molar-refractivity contribution in [3.8, 4) is 11.5 Å². The van der Waals surface area contributed by atoms with Gasteiger partial charge in [-0.2, -0.15) is 5.10 Å². The van der Waals surface area contributed by atoms with Crippen molar-refractivity contribution in [3.63, 3.8) is 0 Å². The predicted octanol–water partition coefficient (Wildman–Crippen LogP) is 1.42. The maximum atomic E-state index is 12.0. The molecule has 8 heteroatoms. The van der Waals surface area contributed by atoms with Gasteiger partial charge in [-0.05, 0) is 35.9 Å². The summed E-state index contributed by atoms with van der Waals surface area (Å²) < 4.78 is 0. The van der Waals surface area contributed by atoms with Crippen LogP contribution >= 0.6 is 0 Å². The number of carbonyl (C=O) groups excluding carboxylic acids is 1. The van der Waals surface area contributed by atoms with Crippen molar-refractivity contribution in [2.45, 2.75) is 12.8 Å². The summed E-state index contributed by atoms with van der Waals surface area (Å²) in [5, 5.41) is 22.9. The number of nitrogens with zero attached hydrogens (tertiary/aromatic N) is 2. The molecule has 8 nitrogen and oxygen atoms in total. The van der Waals surface area contributed by atoms with Crippen LogP contribution in [0.3, 0.4) is 0 Å². The van der Waals surface area contributed by atoms with Gasteiger partial charge in [0.1, 0.15) is 5.82 Å². The van der Waals surface area contributed by atoms with Gasteiger partial charge >= 0.3 is 0 Å². The third-order valence-corrected chi connectivity index (χ3v) is 3.65. The van der Waals surface area contributed by atoms with E-state index < -0.39 is 0 Å². The third-order valence-electron chi connectivity index (χ3n) is 3.65. The van der Waals surface area contributed by atoms with Crippen LogP contribution in [0.15, 0.2) is 52.4 Å². The van der Waals surface area contributed by atoms with E-state index in [0.29, 0.717) is 22.3 Å². The first-order valence-corrected chi connectivity index (χ1v) is 7.85. The second kappa shape index (κ2) is 7.47. The molecular formula is C18H16N4O4. The highest BCUT2D eigenvalue weighted by Crippen LogP contribution is 2.23. The first-order chi connectivity index (χ1) is 12.5. The molecule has 1 amide bonds. The summed E-state index contributed by atoms with van der Waals surface area (Å²) in [5.41, 5.74) is 3.21. The minimum Gasteiger partial charge on any atom is -0.504 e. The quantitative estimate of drug-likeness (QED) is 0.314. The molecule has 0 fully saturated rings. The molecule has 0 atom stereocenters. The van der Waals surface area contributed by atoms with E-state index in [9.17, 15) is 19.8 Å². The van der Waals surface area contributed by atoms with Crippen LogP contribution in [0.25, 0.3) is 10.9 Å². The Hall–Kier alpha value is -3.68. The van der Waals surface area contributed by atoms with E-state index in [0.717, 1.165) is 0 Å². The van der Waals surface area contributed by atoms with Crippen LogP contribution in [-0.4, -0.2) is 32.3 Å². The number of hydrazone groups is 1. The molecule has 0 radical (unpaired) electrons. The highest BCUT2D eigenvalue weighted by atomic mass is 16.3. The lowest BCUT2D eigenvalue weighted by Crippen LogP contribution is -2.19. The summed E-state index contributed by atoms with van der Waals surface area (Å²) in [6, 6.07) is 11.2. The number of fused-ring (bicyclic) bond motifs is 1. The SMILES string of the molecule is O=C(CCc1nc2ccccc2c(=O)[nH]1)N/N=C/c1ccc(O)c(O)c1. The molecule has 0 saturated heterocycles. The molecule has 0 bridgehead atoms. The zero-order valence-electron chi connectivity index (χ0n) is 13.6. The predicted molar refractivity (Wildman–Crippen MR) is 96.2 cm³/mol. The minimum absolute atomic E-state index is 0.0967. The molecule has 132 valence electrons. The minimum atomic E-state index is -0.347. The van der Waals surface area contributed by atoms with Crippen molar-refractivity contribution in [2.24, 2.45) is 5.10 Å². The number of hydrogen-bond acceptors (Lipinski definition) is 6. The average Bonchev–Trinajstić information content (AvgIpc) is 2.63. The second-order valence-corrected chi connectivity index (χ2v) is 5.57. The highest BCUT2D eigenvalue weighted by molar-refractivity contribution is 5.83. The van der Waals surface area contributed by atoms with Gasteiger partial charge in [-0.1, -0.05) is 12.1 Å². The standard InChI is InChI=1S/C18H16N4O4/c23-14-6-5-11(9-15(14)24)10-19-22-17(25)8-7-16-20-13-4-2-1-3-12(13)18(26)21-16/h1-6,9-10,23-24H,7-8H2,(H,22,25)(H,20,21,26)/b19-10+. The van der Waals surface area contributed by atoms with Gasteiger partial charge in [0.2, 0.25) is 5.91 Å². The van der Waals surface area contributed by atoms with Gasteiger partial charge in [0.15, 0.2) is 11.5 Å². The van der Waals surface area contributed by atoms with Crippen molar-refractivity contribution in [1.29, 1.82) is 0 Å². The number of aromatic nitrogens is 2.